The minimum atomic E-state index is 0.880. The molecule has 2 rings (SSSR count). The number of H-pyrrole nitrogens is 1. The molecule has 0 aliphatic heterocycles. The van der Waals surface area contributed by atoms with Gasteiger partial charge in [0.05, 0.1) is 0 Å². The second-order valence-electron chi connectivity index (χ2n) is 4.31. The number of aryl methyl sites for hydroxylation is 1. The molecule has 0 spiro atoms. The summed E-state index contributed by atoms with van der Waals surface area (Å²) in [5, 5.41) is 10.1. The second-order valence-corrected chi connectivity index (χ2v) is 4.31. The van der Waals surface area contributed by atoms with E-state index in [-0.39, 0.29) is 0 Å². The molecule has 0 bridgehead atoms. The Hall–Kier alpha value is -1.62. The third kappa shape index (κ3) is 2.74. The van der Waals surface area contributed by atoms with E-state index < -0.39 is 0 Å². The molecule has 0 aliphatic carbocycles. The molecule has 2 N–H and O–H groups in total. The Morgan fingerprint density at radius 2 is 2.24 bits per heavy atom. The lowest BCUT2D eigenvalue weighted by molar-refractivity contribution is 0.667. The lowest BCUT2D eigenvalue weighted by Gasteiger charge is -2.04. The zero-order valence-corrected chi connectivity index (χ0v) is 10.6. The molecule has 5 nitrogen and oxygen atoms in total. The summed E-state index contributed by atoms with van der Waals surface area (Å²) in [6, 6.07) is 2.23. The van der Waals surface area contributed by atoms with Crippen LogP contribution in [0.1, 0.15) is 22.8 Å². The summed E-state index contributed by atoms with van der Waals surface area (Å²) in [7, 11) is 2.10. The minimum Gasteiger partial charge on any atom is -0.352 e. The maximum Gasteiger partial charge on any atom is 0.137 e. The molecule has 92 valence electrons. The first-order valence-electron chi connectivity index (χ1n) is 5.85. The van der Waals surface area contributed by atoms with Crippen LogP contribution in [0.25, 0.3) is 0 Å². The average Bonchev–Trinajstić information content (AvgIpc) is 2.90. The van der Waals surface area contributed by atoms with Gasteiger partial charge in [-0.1, -0.05) is 0 Å². The standard InChI is InChI=1S/C12H19N5/c1-9-6-11(10(2)17(9)3)7-13-5-4-12-14-8-15-16-12/h6,8,13H,4-5,7H2,1-3H3,(H,14,15,16). The van der Waals surface area contributed by atoms with Gasteiger partial charge in [-0.15, -0.1) is 0 Å². The van der Waals surface area contributed by atoms with Crippen LogP contribution in [0.4, 0.5) is 0 Å². The number of aromatic nitrogens is 4. The molecule has 0 amide bonds. The van der Waals surface area contributed by atoms with Crippen molar-refractivity contribution in [2.75, 3.05) is 6.54 Å². The van der Waals surface area contributed by atoms with E-state index in [0.717, 1.165) is 25.3 Å². The number of nitrogens with one attached hydrogen (secondary N) is 2. The third-order valence-corrected chi connectivity index (χ3v) is 3.20. The molecule has 0 aliphatic rings. The third-order valence-electron chi connectivity index (χ3n) is 3.20. The topological polar surface area (TPSA) is 58.5 Å². The zero-order valence-electron chi connectivity index (χ0n) is 10.6. The summed E-state index contributed by atoms with van der Waals surface area (Å²) in [4.78, 5) is 4.09. The van der Waals surface area contributed by atoms with E-state index in [1.54, 1.807) is 6.33 Å². The Balaban J connectivity index is 1.80. The van der Waals surface area contributed by atoms with Gasteiger partial charge < -0.3 is 9.88 Å². The summed E-state index contributed by atoms with van der Waals surface area (Å²) in [5.74, 6) is 0.929. The molecule has 0 atom stereocenters. The van der Waals surface area contributed by atoms with Gasteiger partial charge in [0.1, 0.15) is 12.2 Å². The number of aromatic amines is 1. The predicted molar refractivity (Wildman–Crippen MR) is 66.7 cm³/mol. The molecule has 17 heavy (non-hydrogen) atoms. The van der Waals surface area contributed by atoms with Crippen LogP contribution in [0.15, 0.2) is 12.4 Å². The van der Waals surface area contributed by atoms with Crippen molar-refractivity contribution >= 4 is 0 Å². The highest BCUT2D eigenvalue weighted by molar-refractivity contribution is 5.26. The minimum absolute atomic E-state index is 0.880. The van der Waals surface area contributed by atoms with Crippen LogP contribution in [-0.2, 0) is 20.0 Å². The van der Waals surface area contributed by atoms with Crippen molar-refractivity contribution in [3.63, 3.8) is 0 Å². The summed E-state index contributed by atoms with van der Waals surface area (Å²) in [6.07, 6.45) is 2.42. The normalized spacial score (nSPS) is 11.0. The van der Waals surface area contributed by atoms with Crippen molar-refractivity contribution in [3.8, 4) is 0 Å². The highest BCUT2D eigenvalue weighted by atomic mass is 15.2. The van der Waals surface area contributed by atoms with Gasteiger partial charge in [-0.2, -0.15) is 5.10 Å². The molecule has 0 fully saturated rings. The van der Waals surface area contributed by atoms with Crippen molar-refractivity contribution in [1.29, 1.82) is 0 Å². The van der Waals surface area contributed by atoms with Crippen molar-refractivity contribution in [2.24, 2.45) is 7.05 Å². The van der Waals surface area contributed by atoms with E-state index in [9.17, 15) is 0 Å². The Labute approximate surface area is 101 Å². The molecule has 2 heterocycles. The van der Waals surface area contributed by atoms with Crippen LogP contribution < -0.4 is 5.32 Å². The van der Waals surface area contributed by atoms with Gasteiger partial charge in [-0.3, -0.25) is 5.10 Å². The van der Waals surface area contributed by atoms with Gasteiger partial charge in [0.2, 0.25) is 0 Å². The Bertz CT molecular complexity index is 469. The summed E-state index contributed by atoms with van der Waals surface area (Å²) in [6.45, 7) is 6.09. The van der Waals surface area contributed by atoms with Gasteiger partial charge in [0, 0.05) is 37.9 Å². The lowest BCUT2D eigenvalue weighted by atomic mass is 10.2. The van der Waals surface area contributed by atoms with Crippen molar-refractivity contribution < 1.29 is 0 Å². The molecular formula is C12H19N5. The van der Waals surface area contributed by atoms with Crippen LogP contribution in [-0.4, -0.2) is 26.3 Å². The van der Waals surface area contributed by atoms with Crippen LogP contribution in [0.5, 0.6) is 0 Å². The highest BCUT2D eigenvalue weighted by Crippen LogP contribution is 2.12. The van der Waals surface area contributed by atoms with Gasteiger partial charge in [-0.05, 0) is 25.5 Å². The van der Waals surface area contributed by atoms with Gasteiger partial charge >= 0.3 is 0 Å². The van der Waals surface area contributed by atoms with Crippen molar-refractivity contribution in [3.05, 3.63) is 35.2 Å². The number of rotatable bonds is 5. The quantitative estimate of drug-likeness (QED) is 0.760. The van der Waals surface area contributed by atoms with E-state index in [1.807, 2.05) is 0 Å². The molecule has 2 aromatic heterocycles. The molecule has 0 aromatic carbocycles. The molecular weight excluding hydrogens is 214 g/mol. The van der Waals surface area contributed by atoms with Crippen LogP contribution in [0, 0.1) is 13.8 Å². The Morgan fingerprint density at radius 1 is 1.41 bits per heavy atom. The van der Waals surface area contributed by atoms with Crippen molar-refractivity contribution in [1.82, 2.24) is 25.1 Å². The average molecular weight is 233 g/mol. The summed E-state index contributed by atoms with van der Waals surface area (Å²) in [5.41, 5.74) is 3.99. The summed E-state index contributed by atoms with van der Waals surface area (Å²) >= 11 is 0. The van der Waals surface area contributed by atoms with Gasteiger partial charge in [-0.25, -0.2) is 4.98 Å². The molecule has 0 radical (unpaired) electrons. The fraction of sp³-hybridized carbons (Fsp3) is 0.500. The van der Waals surface area contributed by atoms with E-state index in [2.05, 4.69) is 52.0 Å². The Morgan fingerprint density at radius 3 is 2.82 bits per heavy atom. The van der Waals surface area contributed by atoms with Crippen LogP contribution >= 0.6 is 0 Å². The van der Waals surface area contributed by atoms with E-state index >= 15 is 0 Å². The first-order valence-corrected chi connectivity index (χ1v) is 5.85. The van der Waals surface area contributed by atoms with Crippen molar-refractivity contribution in [2.45, 2.75) is 26.8 Å². The molecule has 0 unspecified atom stereocenters. The second kappa shape index (κ2) is 5.14. The summed E-state index contributed by atoms with van der Waals surface area (Å²) < 4.78 is 2.22. The van der Waals surface area contributed by atoms with E-state index in [0.29, 0.717) is 0 Å². The molecule has 0 saturated carbocycles. The van der Waals surface area contributed by atoms with E-state index in [1.165, 1.54) is 17.0 Å². The fourth-order valence-corrected chi connectivity index (χ4v) is 1.89. The smallest absolute Gasteiger partial charge is 0.137 e. The maximum atomic E-state index is 4.09. The number of hydrogen-bond acceptors (Lipinski definition) is 3. The number of nitrogens with zero attached hydrogens (tertiary/aromatic N) is 3. The first kappa shape index (κ1) is 11.9. The molecule has 2 aromatic rings. The van der Waals surface area contributed by atoms with Gasteiger partial charge in [0.15, 0.2) is 0 Å². The zero-order chi connectivity index (χ0) is 12.3. The van der Waals surface area contributed by atoms with Crippen LogP contribution in [0.3, 0.4) is 0 Å². The van der Waals surface area contributed by atoms with Gasteiger partial charge in [0.25, 0.3) is 0 Å². The Kier molecular flexibility index (Phi) is 3.58. The largest absolute Gasteiger partial charge is 0.352 e. The monoisotopic (exact) mass is 233 g/mol. The maximum absolute atomic E-state index is 4.09. The lowest BCUT2D eigenvalue weighted by Crippen LogP contribution is -2.17. The SMILES string of the molecule is Cc1cc(CNCCc2ncn[nH]2)c(C)n1C. The molecule has 5 heteroatoms. The number of hydrogen-bond donors (Lipinski definition) is 2. The molecule has 0 saturated heterocycles. The van der Waals surface area contributed by atoms with Crippen LogP contribution in [0.2, 0.25) is 0 Å². The fourth-order valence-electron chi connectivity index (χ4n) is 1.89. The predicted octanol–water partition coefficient (Wildman–Crippen LogP) is 1.09. The first-order chi connectivity index (χ1) is 8.18. The highest BCUT2D eigenvalue weighted by Gasteiger charge is 2.05. The van der Waals surface area contributed by atoms with E-state index in [4.69, 9.17) is 0 Å².